The number of amides is 2. The van der Waals surface area contributed by atoms with Crippen molar-refractivity contribution in [3.05, 3.63) is 23.7 Å². The lowest BCUT2D eigenvalue weighted by Crippen LogP contribution is -2.24. The van der Waals surface area contributed by atoms with E-state index in [0.29, 0.717) is 0 Å². The van der Waals surface area contributed by atoms with Crippen LogP contribution in [0.3, 0.4) is 0 Å². The molecule has 12 heavy (non-hydrogen) atoms. The average Bonchev–Trinajstić information content (AvgIpc) is 2.36. The molecule has 5 heteroatoms. The van der Waals surface area contributed by atoms with Gasteiger partial charge in [0.15, 0.2) is 0 Å². The fraction of sp³-hybridized carbons (Fsp3) is 0.143. The van der Waals surface area contributed by atoms with Crippen molar-refractivity contribution in [2.45, 2.75) is 6.92 Å². The van der Waals surface area contributed by atoms with Crippen molar-refractivity contribution >= 4 is 12.2 Å². The highest BCUT2D eigenvalue weighted by Gasteiger charge is 1.95. The van der Waals surface area contributed by atoms with Gasteiger partial charge in [0.1, 0.15) is 0 Å². The molecule has 1 rings (SSSR count). The van der Waals surface area contributed by atoms with Crippen molar-refractivity contribution in [2.75, 3.05) is 0 Å². The van der Waals surface area contributed by atoms with E-state index in [1.807, 2.05) is 6.92 Å². The van der Waals surface area contributed by atoms with Crippen LogP contribution in [0.1, 0.15) is 11.1 Å². The van der Waals surface area contributed by atoms with E-state index in [-0.39, 0.29) is 0 Å². The Hall–Kier alpha value is -1.78. The van der Waals surface area contributed by atoms with Gasteiger partial charge < -0.3 is 10.2 Å². The standard InChI is InChI=1S/C7H9N3O2/c1-5-3-12-4-6(5)2-9-10-7(8)11/h2-4H,1H3,(H3,8,10,11)/b9-2+. The minimum absolute atomic E-state index is 0.688. The van der Waals surface area contributed by atoms with Crippen molar-refractivity contribution in [3.8, 4) is 0 Å². The Labute approximate surface area is 69.2 Å². The molecule has 0 saturated carbocycles. The van der Waals surface area contributed by atoms with Gasteiger partial charge in [0, 0.05) is 5.56 Å². The van der Waals surface area contributed by atoms with Crippen molar-refractivity contribution < 1.29 is 9.21 Å². The fourth-order valence-corrected chi connectivity index (χ4v) is 0.668. The zero-order valence-corrected chi connectivity index (χ0v) is 6.57. The van der Waals surface area contributed by atoms with Crippen LogP contribution in [0.2, 0.25) is 0 Å². The fourth-order valence-electron chi connectivity index (χ4n) is 0.668. The van der Waals surface area contributed by atoms with Crippen LogP contribution in [-0.4, -0.2) is 12.2 Å². The molecule has 1 aromatic rings. The normalized spacial score (nSPS) is 10.4. The number of furan rings is 1. The molecular weight excluding hydrogens is 158 g/mol. The maximum absolute atomic E-state index is 10.2. The second-order valence-electron chi connectivity index (χ2n) is 2.24. The number of nitrogens with one attached hydrogen (secondary N) is 1. The number of primary amides is 1. The Morgan fingerprint density at radius 3 is 3.00 bits per heavy atom. The minimum atomic E-state index is -0.688. The first kappa shape index (κ1) is 8.32. The van der Waals surface area contributed by atoms with Gasteiger partial charge in [-0.15, -0.1) is 0 Å². The van der Waals surface area contributed by atoms with E-state index < -0.39 is 6.03 Å². The zero-order valence-electron chi connectivity index (χ0n) is 6.57. The topological polar surface area (TPSA) is 80.6 Å². The third-order valence-electron chi connectivity index (χ3n) is 1.27. The quantitative estimate of drug-likeness (QED) is 0.499. The first-order valence-electron chi connectivity index (χ1n) is 3.31. The predicted octanol–water partition coefficient (Wildman–Crippen LogP) is 0.590. The molecule has 0 aliphatic rings. The van der Waals surface area contributed by atoms with Gasteiger partial charge >= 0.3 is 6.03 Å². The highest BCUT2D eigenvalue weighted by Crippen LogP contribution is 2.04. The van der Waals surface area contributed by atoms with Crippen molar-refractivity contribution in [3.63, 3.8) is 0 Å². The Bertz CT molecular complexity index is 303. The first-order valence-corrected chi connectivity index (χ1v) is 3.31. The second-order valence-corrected chi connectivity index (χ2v) is 2.24. The molecule has 0 spiro atoms. The summed E-state index contributed by atoms with van der Waals surface area (Å²) >= 11 is 0. The summed E-state index contributed by atoms with van der Waals surface area (Å²) in [5, 5.41) is 3.56. The third-order valence-corrected chi connectivity index (χ3v) is 1.27. The number of carbonyl (C=O) groups is 1. The van der Waals surface area contributed by atoms with Crippen LogP contribution >= 0.6 is 0 Å². The zero-order chi connectivity index (χ0) is 8.97. The number of nitrogens with zero attached hydrogens (tertiary/aromatic N) is 1. The molecule has 0 aromatic carbocycles. The molecule has 0 fully saturated rings. The number of carbonyl (C=O) groups excluding carboxylic acids is 1. The number of hydrazone groups is 1. The molecule has 0 unspecified atom stereocenters. The van der Waals surface area contributed by atoms with Crippen molar-refractivity contribution in [2.24, 2.45) is 10.8 Å². The number of urea groups is 1. The summed E-state index contributed by atoms with van der Waals surface area (Å²) in [6.45, 7) is 1.87. The molecule has 3 N–H and O–H groups in total. The summed E-state index contributed by atoms with van der Waals surface area (Å²) < 4.78 is 4.87. The smallest absolute Gasteiger partial charge is 0.332 e. The van der Waals surface area contributed by atoms with E-state index in [1.165, 1.54) is 12.5 Å². The van der Waals surface area contributed by atoms with E-state index in [1.54, 1.807) is 6.26 Å². The van der Waals surface area contributed by atoms with Crippen LogP contribution in [0.15, 0.2) is 22.0 Å². The van der Waals surface area contributed by atoms with Gasteiger partial charge in [0.05, 0.1) is 18.7 Å². The third kappa shape index (κ3) is 2.12. The number of nitrogens with two attached hydrogens (primary N) is 1. The Morgan fingerprint density at radius 1 is 1.75 bits per heavy atom. The van der Waals surface area contributed by atoms with E-state index in [4.69, 9.17) is 10.2 Å². The molecular formula is C7H9N3O2. The van der Waals surface area contributed by atoms with Gasteiger partial charge in [-0.2, -0.15) is 5.10 Å². The van der Waals surface area contributed by atoms with E-state index in [9.17, 15) is 4.79 Å². The van der Waals surface area contributed by atoms with E-state index in [0.717, 1.165) is 11.1 Å². The Kier molecular flexibility index (Phi) is 2.47. The van der Waals surface area contributed by atoms with Crippen LogP contribution in [-0.2, 0) is 0 Å². The van der Waals surface area contributed by atoms with Gasteiger partial charge in [-0.25, -0.2) is 10.2 Å². The summed E-state index contributed by atoms with van der Waals surface area (Å²) in [5.41, 5.74) is 8.62. The number of hydrogen-bond acceptors (Lipinski definition) is 3. The highest BCUT2D eigenvalue weighted by atomic mass is 16.3. The molecule has 0 radical (unpaired) electrons. The maximum atomic E-state index is 10.2. The summed E-state index contributed by atoms with van der Waals surface area (Å²) in [7, 11) is 0. The van der Waals surface area contributed by atoms with Crippen LogP contribution in [0.4, 0.5) is 4.79 Å². The number of aryl methyl sites for hydroxylation is 1. The number of hydrogen-bond donors (Lipinski definition) is 2. The monoisotopic (exact) mass is 167 g/mol. The molecule has 5 nitrogen and oxygen atoms in total. The molecule has 1 aromatic heterocycles. The number of rotatable bonds is 2. The lowest BCUT2D eigenvalue weighted by atomic mass is 10.2. The minimum Gasteiger partial charge on any atom is -0.472 e. The average molecular weight is 167 g/mol. The van der Waals surface area contributed by atoms with Crippen LogP contribution < -0.4 is 11.2 Å². The SMILES string of the molecule is Cc1cocc1/C=N/NC(N)=O. The van der Waals surface area contributed by atoms with Crippen molar-refractivity contribution in [1.29, 1.82) is 0 Å². The Morgan fingerprint density at radius 2 is 2.50 bits per heavy atom. The van der Waals surface area contributed by atoms with Gasteiger partial charge in [0.25, 0.3) is 0 Å². The summed E-state index contributed by atoms with van der Waals surface area (Å²) in [6.07, 6.45) is 4.58. The van der Waals surface area contributed by atoms with E-state index >= 15 is 0 Å². The molecule has 2 amide bonds. The van der Waals surface area contributed by atoms with Gasteiger partial charge in [-0.1, -0.05) is 0 Å². The molecule has 0 atom stereocenters. The Balaban J connectivity index is 2.57. The predicted molar refractivity (Wildman–Crippen MR) is 43.8 cm³/mol. The summed E-state index contributed by atoms with van der Waals surface area (Å²) in [6, 6.07) is -0.688. The van der Waals surface area contributed by atoms with E-state index in [2.05, 4.69) is 10.5 Å². The first-order chi connectivity index (χ1) is 5.70. The molecule has 0 aliphatic carbocycles. The van der Waals surface area contributed by atoms with Crippen LogP contribution in [0.25, 0.3) is 0 Å². The highest BCUT2D eigenvalue weighted by molar-refractivity contribution is 5.82. The molecule has 0 aliphatic heterocycles. The molecule has 0 saturated heterocycles. The van der Waals surface area contributed by atoms with Crippen LogP contribution in [0, 0.1) is 6.92 Å². The molecule has 0 bridgehead atoms. The lowest BCUT2D eigenvalue weighted by Gasteiger charge is -1.89. The summed E-state index contributed by atoms with van der Waals surface area (Å²) in [4.78, 5) is 10.2. The van der Waals surface area contributed by atoms with Crippen molar-refractivity contribution in [1.82, 2.24) is 5.43 Å². The molecule has 1 heterocycles. The largest absolute Gasteiger partial charge is 0.472 e. The van der Waals surface area contributed by atoms with Crippen LogP contribution in [0.5, 0.6) is 0 Å². The lowest BCUT2D eigenvalue weighted by molar-refractivity contribution is 0.249. The maximum Gasteiger partial charge on any atom is 0.332 e. The molecule has 64 valence electrons. The van der Waals surface area contributed by atoms with Gasteiger partial charge in [0.2, 0.25) is 0 Å². The summed E-state index contributed by atoms with van der Waals surface area (Å²) in [5.74, 6) is 0. The van der Waals surface area contributed by atoms with Gasteiger partial charge in [-0.05, 0) is 12.5 Å². The van der Waals surface area contributed by atoms with Gasteiger partial charge in [-0.3, -0.25) is 0 Å². The second kappa shape index (κ2) is 3.56.